The summed E-state index contributed by atoms with van der Waals surface area (Å²) >= 11 is 1.96. The van der Waals surface area contributed by atoms with Crippen molar-refractivity contribution >= 4 is 95.3 Å². The van der Waals surface area contributed by atoms with E-state index >= 15 is 0 Å². The SMILES string of the molecule is Cn1c(=O)c2c(CC(=O)Nc3nc(-c4ccc(F)c(C(F)(F)F)c4F)cs3)csc2n(C)c1=O.[KH]. The molecule has 0 aliphatic carbocycles. The van der Waals surface area contributed by atoms with Gasteiger partial charge in [-0.1, -0.05) is 0 Å². The fourth-order valence-corrected chi connectivity index (χ4v) is 5.11. The summed E-state index contributed by atoms with van der Waals surface area (Å²) in [6.07, 6.45) is -5.48. The van der Waals surface area contributed by atoms with Crippen molar-refractivity contribution in [1.29, 1.82) is 0 Å². The van der Waals surface area contributed by atoms with Crippen LogP contribution in [0, 0.1) is 11.6 Å². The Bertz CT molecular complexity index is 1570. The molecule has 7 nitrogen and oxygen atoms in total. The number of aromatic nitrogens is 3. The third kappa shape index (κ3) is 5.21. The van der Waals surface area contributed by atoms with Crippen LogP contribution in [-0.4, -0.2) is 71.4 Å². The fourth-order valence-electron chi connectivity index (χ4n) is 3.36. The minimum absolute atomic E-state index is 0. The van der Waals surface area contributed by atoms with Crippen molar-refractivity contribution in [3.63, 3.8) is 0 Å². The molecule has 3 heterocycles. The van der Waals surface area contributed by atoms with E-state index in [1.54, 1.807) is 5.38 Å². The Balaban J connectivity index is 0.00000342. The van der Waals surface area contributed by atoms with Crippen molar-refractivity contribution in [3.05, 3.63) is 66.5 Å². The Hall–Kier alpha value is -1.75. The molecule has 0 aliphatic rings. The number of alkyl halides is 3. The normalized spacial score (nSPS) is 11.5. The molecular weight excluding hydrogens is 542 g/mol. The predicted molar refractivity (Wildman–Crippen MR) is 124 cm³/mol. The molecule has 0 radical (unpaired) electrons. The molecule has 35 heavy (non-hydrogen) atoms. The second-order valence-electron chi connectivity index (χ2n) is 7.19. The molecule has 1 aromatic carbocycles. The third-order valence-corrected chi connectivity index (χ3v) is 6.86. The van der Waals surface area contributed by atoms with Crippen molar-refractivity contribution in [3.8, 4) is 11.3 Å². The molecule has 0 saturated carbocycles. The van der Waals surface area contributed by atoms with Crippen LogP contribution >= 0.6 is 22.7 Å². The molecule has 0 atom stereocenters. The third-order valence-electron chi connectivity index (χ3n) is 5.00. The van der Waals surface area contributed by atoms with Gasteiger partial charge in [0.25, 0.3) is 5.56 Å². The van der Waals surface area contributed by atoms with Gasteiger partial charge < -0.3 is 5.32 Å². The van der Waals surface area contributed by atoms with Crippen molar-refractivity contribution in [2.24, 2.45) is 14.1 Å². The van der Waals surface area contributed by atoms with Crippen molar-refractivity contribution in [2.45, 2.75) is 12.6 Å². The molecule has 0 spiro atoms. The Morgan fingerprint density at radius 1 is 1.09 bits per heavy atom. The number of anilines is 1. The second kappa shape index (κ2) is 10.3. The van der Waals surface area contributed by atoms with E-state index < -0.39 is 46.1 Å². The first-order valence-corrected chi connectivity index (χ1v) is 11.1. The Morgan fingerprint density at radius 3 is 2.43 bits per heavy atom. The number of nitrogens with zero attached hydrogens (tertiary/aromatic N) is 3. The van der Waals surface area contributed by atoms with Gasteiger partial charge in [0, 0.05) is 25.0 Å². The van der Waals surface area contributed by atoms with Crippen molar-refractivity contribution in [1.82, 2.24) is 14.1 Å². The van der Waals surface area contributed by atoms with Gasteiger partial charge in [0.15, 0.2) is 5.13 Å². The predicted octanol–water partition coefficient (Wildman–Crippen LogP) is 3.25. The molecule has 4 aromatic rings. The van der Waals surface area contributed by atoms with Gasteiger partial charge in [-0.15, -0.1) is 22.7 Å². The quantitative estimate of drug-likeness (QED) is 0.309. The molecule has 15 heteroatoms. The average molecular weight is 557 g/mol. The van der Waals surface area contributed by atoms with E-state index in [4.69, 9.17) is 0 Å². The van der Waals surface area contributed by atoms with E-state index in [1.165, 1.54) is 24.0 Å². The molecule has 0 bridgehead atoms. The zero-order valence-corrected chi connectivity index (χ0v) is 18.9. The monoisotopic (exact) mass is 556 g/mol. The number of hydrogen-bond donors (Lipinski definition) is 1. The molecule has 1 amide bonds. The van der Waals surface area contributed by atoms with Crippen molar-refractivity contribution < 1.29 is 26.7 Å². The Kier molecular flexibility index (Phi) is 8.20. The van der Waals surface area contributed by atoms with Gasteiger partial charge in [0.05, 0.1) is 17.5 Å². The van der Waals surface area contributed by atoms with Gasteiger partial charge in [0.2, 0.25) is 5.91 Å². The summed E-state index contributed by atoms with van der Waals surface area (Å²) in [6.45, 7) is 0. The van der Waals surface area contributed by atoms with Crippen LogP contribution in [0.4, 0.5) is 27.1 Å². The summed E-state index contributed by atoms with van der Waals surface area (Å²) in [5.74, 6) is -4.14. The number of hydrogen-bond acceptors (Lipinski definition) is 6. The number of benzene rings is 1. The number of nitrogens with one attached hydrogen (secondary N) is 1. The second-order valence-corrected chi connectivity index (χ2v) is 8.91. The summed E-state index contributed by atoms with van der Waals surface area (Å²) in [7, 11) is 2.82. The van der Waals surface area contributed by atoms with E-state index in [9.17, 15) is 36.3 Å². The Morgan fingerprint density at radius 2 is 1.77 bits per heavy atom. The van der Waals surface area contributed by atoms with E-state index in [0.29, 0.717) is 16.5 Å². The van der Waals surface area contributed by atoms with Gasteiger partial charge in [-0.25, -0.2) is 18.6 Å². The van der Waals surface area contributed by atoms with Gasteiger partial charge in [-0.3, -0.25) is 18.7 Å². The maximum absolute atomic E-state index is 14.4. The van der Waals surface area contributed by atoms with Gasteiger partial charge in [0.1, 0.15) is 22.0 Å². The number of amides is 1. The van der Waals surface area contributed by atoms with E-state index in [-0.39, 0.29) is 74.0 Å². The Labute approximate surface area is 243 Å². The standard InChI is InChI=1S/C20H13F5N4O3S2.K.H/c1-28-16(31)13-8(6-33-17(13)29(2)19(28)32)5-12(30)27-18-26-11(7-34-18)9-3-4-10(21)14(15(9)22)20(23,24)25;;/h3-4,6-7H,5H2,1-2H3,(H,26,27,30);;. The molecule has 4 rings (SSSR count). The molecular formula is C20H14F5KN4O3S2. The van der Waals surface area contributed by atoms with E-state index in [2.05, 4.69) is 10.3 Å². The molecule has 180 valence electrons. The number of carbonyl (C=O) groups excluding carboxylic acids is 1. The summed E-state index contributed by atoms with van der Waals surface area (Å²) in [5.41, 5.74) is -3.49. The summed E-state index contributed by atoms with van der Waals surface area (Å²) in [4.78, 5) is 41.4. The molecule has 0 aliphatic heterocycles. The first kappa shape index (κ1) is 27.8. The number of carbonyl (C=O) groups is 1. The number of aryl methyl sites for hydroxylation is 1. The van der Waals surface area contributed by atoms with Crippen LogP contribution in [0.2, 0.25) is 0 Å². The first-order chi connectivity index (χ1) is 15.9. The average Bonchev–Trinajstić information content (AvgIpc) is 3.37. The number of halogens is 5. The van der Waals surface area contributed by atoms with E-state index in [1.807, 2.05) is 0 Å². The van der Waals surface area contributed by atoms with Crippen LogP contribution in [0.15, 0.2) is 32.5 Å². The number of rotatable bonds is 4. The van der Waals surface area contributed by atoms with Crippen LogP contribution in [0.1, 0.15) is 11.1 Å². The van der Waals surface area contributed by atoms with Crippen molar-refractivity contribution in [2.75, 3.05) is 5.32 Å². The maximum atomic E-state index is 14.4. The summed E-state index contributed by atoms with van der Waals surface area (Å²) in [6, 6.07) is 1.33. The van der Waals surface area contributed by atoms with Crippen LogP contribution in [0.5, 0.6) is 0 Å². The number of thiazole rings is 1. The molecule has 0 fully saturated rings. The fraction of sp³-hybridized carbons (Fsp3) is 0.200. The minimum atomic E-state index is -5.24. The van der Waals surface area contributed by atoms with Crippen LogP contribution in [0.25, 0.3) is 21.5 Å². The van der Waals surface area contributed by atoms with Gasteiger partial charge >= 0.3 is 63.3 Å². The van der Waals surface area contributed by atoms with Crippen LogP contribution in [-0.2, 0) is 31.5 Å². The van der Waals surface area contributed by atoms with Crippen LogP contribution in [0.3, 0.4) is 0 Å². The zero-order valence-electron chi connectivity index (χ0n) is 17.3. The number of fused-ring (bicyclic) bond motifs is 1. The molecule has 3 aromatic heterocycles. The topological polar surface area (TPSA) is 86.0 Å². The molecule has 0 unspecified atom stereocenters. The summed E-state index contributed by atoms with van der Waals surface area (Å²) in [5, 5.41) is 5.43. The summed E-state index contributed by atoms with van der Waals surface area (Å²) < 4.78 is 69.1. The zero-order chi connectivity index (χ0) is 24.9. The van der Waals surface area contributed by atoms with Gasteiger partial charge in [-0.05, 0) is 23.1 Å². The number of thiophene rings is 1. The molecule has 1 N–H and O–H groups in total. The first-order valence-electron chi connectivity index (χ1n) is 9.37. The van der Waals surface area contributed by atoms with E-state index in [0.717, 1.165) is 33.3 Å². The molecule has 0 saturated heterocycles. The van der Waals surface area contributed by atoms with Crippen LogP contribution < -0.4 is 16.6 Å². The van der Waals surface area contributed by atoms with Gasteiger partial charge in [-0.2, -0.15) is 13.2 Å².